The molecular formula is C14H14Cl2N4O2. The Morgan fingerprint density at radius 1 is 1.18 bits per heavy atom. The average molecular weight is 341 g/mol. The monoisotopic (exact) mass is 340 g/mol. The first-order chi connectivity index (χ1) is 10.4. The number of hydrogen-bond acceptors (Lipinski definition) is 5. The fourth-order valence-electron chi connectivity index (χ4n) is 1.71. The summed E-state index contributed by atoms with van der Waals surface area (Å²) in [7, 11) is 3.61. The largest absolute Gasteiger partial charge is 0.378 e. The van der Waals surface area contributed by atoms with Crippen molar-refractivity contribution in [2.24, 2.45) is 0 Å². The molecule has 0 fully saturated rings. The van der Waals surface area contributed by atoms with Gasteiger partial charge in [-0.15, -0.1) is 0 Å². The van der Waals surface area contributed by atoms with Crippen molar-refractivity contribution >= 4 is 40.7 Å². The van der Waals surface area contributed by atoms with E-state index < -0.39 is 12.0 Å². The minimum Gasteiger partial charge on any atom is -0.378 e. The number of carbonyl (C=O) groups excluding carboxylic acids is 1. The second-order valence-corrected chi connectivity index (χ2v) is 5.63. The van der Waals surface area contributed by atoms with Crippen molar-refractivity contribution in [2.75, 3.05) is 24.3 Å². The summed E-state index contributed by atoms with van der Waals surface area (Å²) < 4.78 is 0. The molecule has 6 nitrogen and oxygen atoms in total. The van der Waals surface area contributed by atoms with Crippen molar-refractivity contribution in [3.8, 4) is 0 Å². The zero-order valence-electron chi connectivity index (χ0n) is 11.9. The first-order valence-corrected chi connectivity index (χ1v) is 7.06. The van der Waals surface area contributed by atoms with Crippen molar-refractivity contribution in [1.82, 2.24) is 9.97 Å². The second kappa shape index (κ2) is 6.91. The fraction of sp³-hybridized carbons (Fsp3) is 0.214. The fourth-order valence-corrected chi connectivity index (χ4v) is 2.25. The van der Waals surface area contributed by atoms with Gasteiger partial charge in [0.15, 0.2) is 6.10 Å². The minimum atomic E-state index is -1.40. The van der Waals surface area contributed by atoms with Gasteiger partial charge in [-0.2, -0.15) is 0 Å². The van der Waals surface area contributed by atoms with Gasteiger partial charge in [-0.25, -0.2) is 9.97 Å². The SMILES string of the molecule is CN(C)c1ncc(NC(=O)[C@H](O)c2cc(Cl)cc(Cl)c2)cn1. The summed E-state index contributed by atoms with van der Waals surface area (Å²) in [6, 6.07) is 4.47. The van der Waals surface area contributed by atoms with E-state index in [2.05, 4.69) is 15.3 Å². The van der Waals surface area contributed by atoms with Gasteiger partial charge in [0.2, 0.25) is 5.95 Å². The Morgan fingerprint density at radius 2 is 1.73 bits per heavy atom. The summed E-state index contributed by atoms with van der Waals surface area (Å²) in [4.78, 5) is 21.9. The topological polar surface area (TPSA) is 78.4 Å². The highest BCUT2D eigenvalue weighted by Crippen LogP contribution is 2.24. The standard InChI is InChI=1S/C14H14Cl2N4O2/c1-20(2)14-17-6-11(7-18-14)19-13(22)12(21)8-3-9(15)5-10(16)4-8/h3-7,12,21H,1-2H3,(H,19,22)/t12-/m1/s1. The number of benzene rings is 1. The van der Waals surface area contributed by atoms with Crippen LogP contribution in [0, 0.1) is 0 Å². The van der Waals surface area contributed by atoms with Crippen molar-refractivity contribution in [1.29, 1.82) is 0 Å². The number of nitrogens with zero attached hydrogens (tertiary/aromatic N) is 3. The van der Waals surface area contributed by atoms with Gasteiger partial charge in [-0.1, -0.05) is 23.2 Å². The van der Waals surface area contributed by atoms with Gasteiger partial charge in [0, 0.05) is 24.1 Å². The van der Waals surface area contributed by atoms with E-state index in [-0.39, 0.29) is 0 Å². The van der Waals surface area contributed by atoms with Gasteiger partial charge in [0.05, 0.1) is 18.1 Å². The highest BCUT2D eigenvalue weighted by atomic mass is 35.5. The van der Waals surface area contributed by atoms with Crippen LogP contribution in [0.3, 0.4) is 0 Å². The number of carbonyl (C=O) groups is 1. The molecule has 2 N–H and O–H groups in total. The summed E-state index contributed by atoms with van der Waals surface area (Å²) in [5.74, 6) is -0.111. The number of aromatic nitrogens is 2. The first kappa shape index (κ1) is 16.5. The second-order valence-electron chi connectivity index (χ2n) is 4.76. The predicted molar refractivity (Wildman–Crippen MR) is 86.4 cm³/mol. The molecule has 1 amide bonds. The molecule has 2 aromatic rings. The third-order valence-corrected chi connectivity index (χ3v) is 3.19. The van der Waals surface area contributed by atoms with E-state index in [4.69, 9.17) is 23.2 Å². The maximum absolute atomic E-state index is 12.0. The van der Waals surface area contributed by atoms with E-state index >= 15 is 0 Å². The van der Waals surface area contributed by atoms with Crippen LogP contribution in [0.5, 0.6) is 0 Å². The molecule has 0 spiro atoms. The van der Waals surface area contributed by atoms with Crippen LogP contribution < -0.4 is 10.2 Å². The zero-order chi connectivity index (χ0) is 16.3. The molecule has 1 aromatic carbocycles. The Hall–Kier alpha value is -1.89. The van der Waals surface area contributed by atoms with Crippen molar-refractivity contribution in [2.45, 2.75) is 6.10 Å². The minimum absolute atomic E-state index is 0.306. The van der Waals surface area contributed by atoms with Crippen molar-refractivity contribution in [3.63, 3.8) is 0 Å². The Kier molecular flexibility index (Phi) is 5.18. The van der Waals surface area contributed by atoms with Gasteiger partial charge in [-0.05, 0) is 23.8 Å². The van der Waals surface area contributed by atoms with Crippen LogP contribution in [-0.4, -0.2) is 35.1 Å². The number of halogens is 2. The summed E-state index contributed by atoms with van der Waals surface area (Å²) in [6.45, 7) is 0. The molecule has 0 unspecified atom stereocenters. The molecule has 0 aliphatic carbocycles. The van der Waals surface area contributed by atoms with Crippen molar-refractivity contribution in [3.05, 3.63) is 46.2 Å². The lowest BCUT2D eigenvalue weighted by atomic mass is 10.1. The van der Waals surface area contributed by atoms with Crippen LogP contribution >= 0.6 is 23.2 Å². The van der Waals surface area contributed by atoms with Crippen LogP contribution in [0.2, 0.25) is 10.0 Å². The maximum atomic E-state index is 12.0. The lowest BCUT2D eigenvalue weighted by Gasteiger charge is -2.13. The number of anilines is 2. The molecule has 1 heterocycles. The molecule has 1 atom stereocenters. The van der Waals surface area contributed by atoms with Crippen LogP contribution in [0.25, 0.3) is 0 Å². The summed E-state index contributed by atoms with van der Waals surface area (Å²) in [6.07, 6.45) is 1.51. The molecule has 116 valence electrons. The van der Waals surface area contributed by atoms with Gasteiger partial charge in [0.1, 0.15) is 0 Å². The number of rotatable bonds is 4. The Balaban J connectivity index is 2.10. The first-order valence-electron chi connectivity index (χ1n) is 6.31. The van der Waals surface area contributed by atoms with Crippen LogP contribution in [0.15, 0.2) is 30.6 Å². The predicted octanol–water partition coefficient (Wildman–Crippen LogP) is 2.52. The number of amides is 1. The average Bonchev–Trinajstić information content (AvgIpc) is 2.46. The lowest BCUT2D eigenvalue weighted by Crippen LogP contribution is -2.21. The molecule has 0 aliphatic rings. The highest BCUT2D eigenvalue weighted by molar-refractivity contribution is 6.34. The molecular weight excluding hydrogens is 327 g/mol. The summed E-state index contributed by atoms with van der Waals surface area (Å²) in [5, 5.41) is 13.3. The Labute approximate surface area is 137 Å². The molecule has 0 saturated carbocycles. The Bertz CT molecular complexity index is 657. The lowest BCUT2D eigenvalue weighted by molar-refractivity contribution is -0.124. The third kappa shape index (κ3) is 4.07. The van der Waals surface area contributed by atoms with E-state index in [0.717, 1.165) is 0 Å². The molecule has 0 radical (unpaired) electrons. The van der Waals surface area contributed by atoms with E-state index in [1.54, 1.807) is 19.0 Å². The van der Waals surface area contributed by atoms with Gasteiger partial charge < -0.3 is 15.3 Å². The van der Waals surface area contributed by atoms with E-state index in [1.807, 2.05) is 0 Å². The number of aliphatic hydroxyl groups is 1. The number of aliphatic hydroxyl groups excluding tert-OH is 1. The number of hydrogen-bond donors (Lipinski definition) is 2. The molecule has 0 saturated heterocycles. The highest BCUT2D eigenvalue weighted by Gasteiger charge is 2.19. The van der Waals surface area contributed by atoms with E-state index in [0.29, 0.717) is 27.2 Å². The summed E-state index contributed by atoms with van der Waals surface area (Å²) in [5.41, 5.74) is 0.684. The van der Waals surface area contributed by atoms with E-state index in [9.17, 15) is 9.90 Å². The normalized spacial score (nSPS) is 11.9. The van der Waals surface area contributed by atoms with Crippen LogP contribution in [0.4, 0.5) is 11.6 Å². The van der Waals surface area contributed by atoms with Crippen LogP contribution in [-0.2, 0) is 4.79 Å². The quantitative estimate of drug-likeness (QED) is 0.894. The van der Waals surface area contributed by atoms with Gasteiger partial charge in [0.25, 0.3) is 5.91 Å². The smallest absolute Gasteiger partial charge is 0.257 e. The molecule has 0 bridgehead atoms. The molecule has 1 aromatic heterocycles. The summed E-state index contributed by atoms with van der Waals surface area (Å²) >= 11 is 11.7. The zero-order valence-corrected chi connectivity index (χ0v) is 13.4. The molecule has 8 heteroatoms. The maximum Gasteiger partial charge on any atom is 0.257 e. The molecule has 22 heavy (non-hydrogen) atoms. The van der Waals surface area contributed by atoms with Gasteiger partial charge in [-0.3, -0.25) is 4.79 Å². The third-order valence-electron chi connectivity index (χ3n) is 2.75. The number of nitrogens with one attached hydrogen (secondary N) is 1. The Morgan fingerprint density at radius 3 is 2.23 bits per heavy atom. The van der Waals surface area contributed by atoms with E-state index in [1.165, 1.54) is 30.6 Å². The van der Waals surface area contributed by atoms with Crippen LogP contribution in [0.1, 0.15) is 11.7 Å². The molecule has 2 rings (SSSR count). The van der Waals surface area contributed by atoms with Crippen molar-refractivity contribution < 1.29 is 9.90 Å². The molecule has 0 aliphatic heterocycles. The van der Waals surface area contributed by atoms with Gasteiger partial charge >= 0.3 is 0 Å².